The Hall–Kier alpha value is -1.13. The molecule has 4 heteroatoms. The van der Waals surface area contributed by atoms with E-state index in [1.807, 2.05) is 19.4 Å². The highest BCUT2D eigenvalue weighted by atomic mass is 15.3. The largest absolute Gasteiger partial charge is 0.366 e. The summed E-state index contributed by atoms with van der Waals surface area (Å²) in [6.07, 6.45) is 6.64. The van der Waals surface area contributed by atoms with Gasteiger partial charge >= 0.3 is 0 Å². The van der Waals surface area contributed by atoms with Crippen molar-refractivity contribution in [1.82, 2.24) is 15.2 Å². The topological polar surface area (TPSA) is 31.4 Å². The first-order valence-electron chi connectivity index (χ1n) is 7.37. The first kappa shape index (κ1) is 12.9. The van der Waals surface area contributed by atoms with Crippen LogP contribution in [0.15, 0.2) is 18.5 Å². The number of anilines is 1. The lowest BCUT2D eigenvalue weighted by Crippen LogP contribution is -2.55. The fourth-order valence-electron chi connectivity index (χ4n) is 3.55. The second-order valence-corrected chi connectivity index (χ2v) is 5.83. The van der Waals surface area contributed by atoms with E-state index in [-0.39, 0.29) is 0 Å². The Labute approximate surface area is 115 Å². The number of hydrogen-bond donors (Lipinski definition) is 1. The summed E-state index contributed by atoms with van der Waals surface area (Å²) in [6, 6.07) is 3.52. The molecule has 104 valence electrons. The Morgan fingerprint density at radius 3 is 3.16 bits per heavy atom. The lowest BCUT2D eigenvalue weighted by Gasteiger charge is -2.44. The van der Waals surface area contributed by atoms with Crippen molar-refractivity contribution in [2.24, 2.45) is 0 Å². The van der Waals surface area contributed by atoms with Crippen LogP contribution in [0.2, 0.25) is 0 Å². The van der Waals surface area contributed by atoms with Gasteiger partial charge in [0.25, 0.3) is 0 Å². The van der Waals surface area contributed by atoms with E-state index < -0.39 is 0 Å². The van der Waals surface area contributed by atoms with E-state index in [4.69, 9.17) is 0 Å². The predicted molar refractivity (Wildman–Crippen MR) is 78.4 cm³/mol. The number of piperazine rings is 1. The minimum absolute atomic E-state index is 0.590. The molecule has 1 N–H and O–H groups in total. The third kappa shape index (κ3) is 2.47. The molecule has 0 spiro atoms. The summed E-state index contributed by atoms with van der Waals surface area (Å²) in [4.78, 5) is 9.52. The maximum atomic E-state index is 4.27. The van der Waals surface area contributed by atoms with E-state index in [0.717, 1.165) is 12.6 Å². The van der Waals surface area contributed by atoms with Gasteiger partial charge in [0.15, 0.2) is 0 Å². The van der Waals surface area contributed by atoms with Crippen molar-refractivity contribution in [2.45, 2.75) is 38.4 Å². The van der Waals surface area contributed by atoms with E-state index in [2.05, 4.69) is 33.1 Å². The van der Waals surface area contributed by atoms with Crippen molar-refractivity contribution in [3.8, 4) is 0 Å². The second-order valence-electron chi connectivity index (χ2n) is 5.83. The molecule has 19 heavy (non-hydrogen) atoms. The van der Waals surface area contributed by atoms with Crippen LogP contribution in [-0.2, 0) is 6.54 Å². The summed E-state index contributed by atoms with van der Waals surface area (Å²) in [5.74, 6) is 0. The van der Waals surface area contributed by atoms with Crippen LogP contribution in [0.3, 0.4) is 0 Å². The van der Waals surface area contributed by atoms with Gasteiger partial charge in [-0.1, -0.05) is 0 Å². The third-order valence-corrected chi connectivity index (χ3v) is 4.49. The zero-order chi connectivity index (χ0) is 13.2. The van der Waals surface area contributed by atoms with Crippen molar-refractivity contribution in [1.29, 1.82) is 0 Å². The number of pyridine rings is 1. The van der Waals surface area contributed by atoms with Crippen LogP contribution >= 0.6 is 0 Å². The molecule has 2 aliphatic heterocycles. The summed E-state index contributed by atoms with van der Waals surface area (Å²) in [6.45, 7) is 6.90. The van der Waals surface area contributed by atoms with Crippen molar-refractivity contribution < 1.29 is 0 Å². The standard InChI is InChI=1S/C15H24N4/c1-12-10-18-7-3-4-14(18)11-19(12)15-5-6-17-9-13(15)8-16-2/h5-6,9,12,14,16H,3-4,7-8,10-11H2,1-2H3. The molecule has 0 amide bonds. The maximum Gasteiger partial charge on any atom is 0.0446 e. The van der Waals surface area contributed by atoms with Crippen molar-refractivity contribution in [3.63, 3.8) is 0 Å². The predicted octanol–water partition coefficient (Wildman–Crippen LogP) is 1.47. The molecule has 1 aromatic heterocycles. The van der Waals surface area contributed by atoms with Gasteiger partial charge in [-0.25, -0.2) is 0 Å². The smallest absolute Gasteiger partial charge is 0.0446 e. The summed E-state index contributed by atoms with van der Waals surface area (Å²) in [5.41, 5.74) is 2.67. The number of rotatable bonds is 3. The van der Waals surface area contributed by atoms with Crippen LogP contribution in [0.5, 0.6) is 0 Å². The fraction of sp³-hybridized carbons (Fsp3) is 0.667. The highest BCUT2D eigenvalue weighted by Crippen LogP contribution is 2.30. The lowest BCUT2D eigenvalue weighted by molar-refractivity contribution is 0.202. The molecule has 2 aliphatic rings. The minimum Gasteiger partial charge on any atom is -0.366 e. The van der Waals surface area contributed by atoms with Crippen LogP contribution in [0, 0.1) is 0 Å². The van der Waals surface area contributed by atoms with E-state index in [1.54, 1.807) is 0 Å². The van der Waals surface area contributed by atoms with Gasteiger partial charge in [0.05, 0.1) is 0 Å². The van der Waals surface area contributed by atoms with E-state index in [0.29, 0.717) is 6.04 Å². The van der Waals surface area contributed by atoms with Gasteiger partial charge in [-0.15, -0.1) is 0 Å². The molecule has 2 unspecified atom stereocenters. The lowest BCUT2D eigenvalue weighted by atomic mass is 10.1. The summed E-state index contributed by atoms with van der Waals surface area (Å²) in [7, 11) is 2.00. The second kappa shape index (κ2) is 5.47. The van der Waals surface area contributed by atoms with Gasteiger partial charge in [0, 0.05) is 55.4 Å². The van der Waals surface area contributed by atoms with Crippen LogP contribution in [0.1, 0.15) is 25.3 Å². The van der Waals surface area contributed by atoms with Gasteiger partial charge in [-0.05, 0) is 39.4 Å². The normalized spacial score (nSPS) is 27.6. The van der Waals surface area contributed by atoms with Gasteiger partial charge < -0.3 is 10.2 Å². The monoisotopic (exact) mass is 260 g/mol. The maximum absolute atomic E-state index is 4.27. The Bertz CT molecular complexity index is 434. The summed E-state index contributed by atoms with van der Waals surface area (Å²) in [5, 5.41) is 3.25. The zero-order valence-corrected chi connectivity index (χ0v) is 12.0. The van der Waals surface area contributed by atoms with E-state index >= 15 is 0 Å². The number of fused-ring (bicyclic) bond motifs is 1. The number of nitrogens with one attached hydrogen (secondary N) is 1. The van der Waals surface area contributed by atoms with Crippen LogP contribution in [0.4, 0.5) is 5.69 Å². The molecule has 4 nitrogen and oxygen atoms in total. The van der Waals surface area contributed by atoms with Gasteiger partial charge in [-0.2, -0.15) is 0 Å². The van der Waals surface area contributed by atoms with Crippen molar-refractivity contribution in [3.05, 3.63) is 24.0 Å². The Morgan fingerprint density at radius 2 is 2.32 bits per heavy atom. The average Bonchev–Trinajstić information content (AvgIpc) is 2.86. The molecule has 0 aliphatic carbocycles. The first-order valence-corrected chi connectivity index (χ1v) is 7.37. The molecule has 0 bridgehead atoms. The number of hydrogen-bond acceptors (Lipinski definition) is 4. The van der Waals surface area contributed by atoms with Gasteiger partial charge in [-0.3, -0.25) is 9.88 Å². The summed E-state index contributed by atoms with van der Waals surface area (Å²) < 4.78 is 0. The third-order valence-electron chi connectivity index (χ3n) is 4.49. The fourth-order valence-corrected chi connectivity index (χ4v) is 3.55. The Kier molecular flexibility index (Phi) is 3.71. The number of nitrogens with zero attached hydrogens (tertiary/aromatic N) is 3. The minimum atomic E-state index is 0.590. The molecular formula is C15H24N4. The molecule has 0 radical (unpaired) electrons. The molecule has 1 aromatic rings. The Morgan fingerprint density at radius 1 is 1.42 bits per heavy atom. The van der Waals surface area contributed by atoms with Gasteiger partial charge in [0.2, 0.25) is 0 Å². The van der Waals surface area contributed by atoms with Crippen LogP contribution in [-0.4, -0.2) is 48.6 Å². The molecule has 2 fully saturated rings. The van der Waals surface area contributed by atoms with Crippen molar-refractivity contribution in [2.75, 3.05) is 31.6 Å². The SMILES string of the molecule is CNCc1cnccc1N1CC2CCCN2CC1C. The molecule has 3 rings (SSSR count). The molecule has 3 heterocycles. The summed E-state index contributed by atoms with van der Waals surface area (Å²) >= 11 is 0. The molecule has 2 atom stereocenters. The van der Waals surface area contributed by atoms with E-state index in [1.165, 1.54) is 43.7 Å². The molecule has 0 aromatic carbocycles. The van der Waals surface area contributed by atoms with Crippen LogP contribution < -0.4 is 10.2 Å². The molecular weight excluding hydrogens is 236 g/mol. The quantitative estimate of drug-likeness (QED) is 0.892. The first-order chi connectivity index (χ1) is 9.29. The highest BCUT2D eigenvalue weighted by molar-refractivity contribution is 5.53. The average molecular weight is 260 g/mol. The van der Waals surface area contributed by atoms with Gasteiger partial charge in [0.1, 0.15) is 0 Å². The Balaban J connectivity index is 1.84. The zero-order valence-electron chi connectivity index (χ0n) is 12.0. The molecule has 2 saturated heterocycles. The highest BCUT2D eigenvalue weighted by Gasteiger charge is 2.34. The number of aromatic nitrogens is 1. The van der Waals surface area contributed by atoms with Crippen LogP contribution in [0.25, 0.3) is 0 Å². The molecule has 0 saturated carbocycles. The van der Waals surface area contributed by atoms with E-state index in [9.17, 15) is 0 Å². The van der Waals surface area contributed by atoms with Crippen molar-refractivity contribution >= 4 is 5.69 Å².